The molecule has 1 aliphatic heterocycles. The molecule has 6 heteroatoms. The molecule has 3 rings (SSSR count). The second-order valence-corrected chi connectivity index (χ2v) is 7.84. The van der Waals surface area contributed by atoms with Crippen LogP contribution in [0.15, 0.2) is 36.5 Å². The molecule has 1 aromatic carbocycles. The molecule has 0 bridgehead atoms. The van der Waals surface area contributed by atoms with Gasteiger partial charge in [0.25, 0.3) is 5.91 Å². The zero-order valence-electron chi connectivity index (χ0n) is 17.0. The smallest absolute Gasteiger partial charge is 0.261 e. The number of carbonyl (C=O) groups excluding carboxylic acids is 2. The number of aromatic amines is 1. The third-order valence-electron chi connectivity index (χ3n) is 5.37. The number of para-hydroxylation sites is 1. The van der Waals surface area contributed by atoms with Crippen LogP contribution in [0.4, 0.5) is 5.69 Å². The number of hydrogen-bond acceptors (Lipinski definition) is 3. The molecule has 0 radical (unpaired) electrons. The maximum atomic E-state index is 13.2. The first-order valence-electron chi connectivity index (χ1n) is 10.2. The summed E-state index contributed by atoms with van der Waals surface area (Å²) >= 11 is 0. The topological polar surface area (TPSA) is 69.3 Å². The number of H-pyrrole nitrogens is 1. The van der Waals surface area contributed by atoms with Gasteiger partial charge < -0.3 is 9.80 Å². The number of amides is 2. The minimum absolute atomic E-state index is 0.0317. The van der Waals surface area contributed by atoms with Crippen LogP contribution in [-0.4, -0.2) is 46.5 Å². The Morgan fingerprint density at radius 3 is 2.50 bits per heavy atom. The molecule has 1 N–H and O–H groups in total. The lowest BCUT2D eigenvalue weighted by Gasteiger charge is -2.32. The fourth-order valence-corrected chi connectivity index (χ4v) is 3.87. The standard InChI is InChI=1S/C22H30N4O2/c1-4-26(18-8-6-5-7-9-18)22(28)19-15-23-24-21(19)17-10-12-25(13-11-17)20(27)14-16(2)3/h5-9,15-17H,4,10-14H2,1-3H3,(H,23,24). The summed E-state index contributed by atoms with van der Waals surface area (Å²) in [5.41, 5.74) is 2.42. The van der Waals surface area contributed by atoms with Crippen LogP contribution in [0.3, 0.4) is 0 Å². The first-order chi connectivity index (χ1) is 13.5. The van der Waals surface area contributed by atoms with Gasteiger partial charge in [-0.3, -0.25) is 14.7 Å². The molecule has 1 fully saturated rings. The molecular weight excluding hydrogens is 352 g/mol. The van der Waals surface area contributed by atoms with Gasteiger partial charge in [0.1, 0.15) is 0 Å². The zero-order chi connectivity index (χ0) is 20.1. The highest BCUT2D eigenvalue weighted by atomic mass is 16.2. The molecule has 28 heavy (non-hydrogen) atoms. The third kappa shape index (κ3) is 4.43. The summed E-state index contributed by atoms with van der Waals surface area (Å²) in [6.07, 6.45) is 3.94. The Bertz CT molecular complexity index is 792. The van der Waals surface area contributed by atoms with E-state index in [-0.39, 0.29) is 17.7 Å². The predicted molar refractivity (Wildman–Crippen MR) is 110 cm³/mol. The summed E-state index contributed by atoms with van der Waals surface area (Å²) in [5, 5.41) is 7.23. The average molecular weight is 383 g/mol. The summed E-state index contributed by atoms with van der Waals surface area (Å²) in [5.74, 6) is 0.797. The molecule has 2 aromatic rings. The van der Waals surface area contributed by atoms with Gasteiger partial charge in [-0.15, -0.1) is 0 Å². The lowest BCUT2D eigenvalue weighted by Crippen LogP contribution is -2.39. The Hall–Kier alpha value is -2.63. The van der Waals surface area contributed by atoms with E-state index in [1.165, 1.54) is 0 Å². The number of carbonyl (C=O) groups is 2. The molecule has 0 atom stereocenters. The Morgan fingerprint density at radius 1 is 1.21 bits per heavy atom. The van der Waals surface area contributed by atoms with Crippen molar-refractivity contribution in [2.45, 2.75) is 46.0 Å². The van der Waals surface area contributed by atoms with Crippen molar-refractivity contribution in [1.29, 1.82) is 0 Å². The fraction of sp³-hybridized carbons (Fsp3) is 0.500. The number of rotatable bonds is 6. The molecule has 0 aliphatic carbocycles. The van der Waals surface area contributed by atoms with E-state index in [0.29, 0.717) is 24.4 Å². The van der Waals surface area contributed by atoms with Crippen LogP contribution in [0.25, 0.3) is 0 Å². The number of piperidine rings is 1. The highest BCUT2D eigenvalue weighted by Crippen LogP contribution is 2.30. The van der Waals surface area contributed by atoms with E-state index in [0.717, 1.165) is 37.3 Å². The largest absolute Gasteiger partial charge is 0.343 e. The van der Waals surface area contributed by atoms with E-state index in [1.807, 2.05) is 42.2 Å². The van der Waals surface area contributed by atoms with Crippen LogP contribution in [-0.2, 0) is 4.79 Å². The molecule has 6 nitrogen and oxygen atoms in total. The normalized spacial score (nSPS) is 15.1. The maximum Gasteiger partial charge on any atom is 0.261 e. The van der Waals surface area contributed by atoms with Gasteiger partial charge in [0.15, 0.2) is 0 Å². The molecule has 0 spiro atoms. The summed E-state index contributed by atoms with van der Waals surface area (Å²) in [6.45, 7) is 8.18. The maximum absolute atomic E-state index is 13.2. The van der Waals surface area contributed by atoms with Crippen LogP contribution in [0.1, 0.15) is 62.0 Å². The summed E-state index contributed by atoms with van der Waals surface area (Å²) < 4.78 is 0. The number of aromatic nitrogens is 2. The van der Waals surface area contributed by atoms with Gasteiger partial charge in [-0.2, -0.15) is 5.10 Å². The van der Waals surface area contributed by atoms with Crippen LogP contribution in [0, 0.1) is 5.92 Å². The van der Waals surface area contributed by atoms with Crippen molar-refractivity contribution in [2.75, 3.05) is 24.5 Å². The van der Waals surface area contributed by atoms with Crippen molar-refractivity contribution in [3.05, 3.63) is 47.8 Å². The molecule has 2 amide bonds. The number of benzene rings is 1. The number of likely N-dealkylation sites (tertiary alicyclic amines) is 1. The van der Waals surface area contributed by atoms with E-state index < -0.39 is 0 Å². The number of nitrogens with one attached hydrogen (secondary N) is 1. The van der Waals surface area contributed by atoms with Crippen molar-refractivity contribution < 1.29 is 9.59 Å². The van der Waals surface area contributed by atoms with Crippen LogP contribution >= 0.6 is 0 Å². The first-order valence-corrected chi connectivity index (χ1v) is 10.2. The number of anilines is 1. The highest BCUT2D eigenvalue weighted by Gasteiger charge is 2.29. The van der Waals surface area contributed by atoms with Crippen molar-refractivity contribution >= 4 is 17.5 Å². The fourth-order valence-electron chi connectivity index (χ4n) is 3.87. The van der Waals surface area contributed by atoms with Crippen LogP contribution < -0.4 is 4.90 Å². The Labute approximate surface area is 166 Å². The summed E-state index contributed by atoms with van der Waals surface area (Å²) in [6, 6.07) is 9.70. The van der Waals surface area contributed by atoms with Crippen LogP contribution in [0.2, 0.25) is 0 Å². The van der Waals surface area contributed by atoms with Gasteiger partial charge in [-0.1, -0.05) is 32.0 Å². The van der Waals surface area contributed by atoms with Crippen molar-refractivity contribution in [3.63, 3.8) is 0 Å². The van der Waals surface area contributed by atoms with E-state index >= 15 is 0 Å². The van der Waals surface area contributed by atoms with E-state index in [1.54, 1.807) is 11.1 Å². The van der Waals surface area contributed by atoms with Crippen molar-refractivity contribution in [1.82, 2.24) is 15.1 Å². The average Bonchev–Trinajstić information content (AvgIpc) is 3.19. The second kappa shape index (κ2) is 9.04. The molecule has 1 aromatic heterocycles. The molecule has 1 aliphatic rings. The van der Waals surface area contributed by atoms with Gasteiger partial charge in [-0.05, 0) is 37.8 Å². The second-order valence-electron chi connectivity index (χ2n) is 7.84. The molecular formula is C22H30N4O2. The lowest BCUT2D eigenvalue weighted by molar-refractivity contribution is -0.133. The van der Waals surface area contributed by atoms with Gasteiger partial charge in [0, 0.05) is 37.7 Å². The van der Waals surface area contributed by atoms with Gasteiger partial charge in [0.05, 0.1) is 17.5 Å². The Morgan fingerprint density at radius 2 is 1.89 bits per heavy atom. The van der Waals surface area contributed by atoms with Gasteiger partial charge in [0.2, 0.25) is 5.91 Å². The van der Waals surface area contributed by atoms with Crippen molar-refractivity contribution in [3.8, 4) is 0 Å². The Kier molecular flexibility index (Phi) is 6.49. The minimum atomic E-state index is -0.0317. The monoisotopic (exact) mass is 382 g/mol. The van der Waals surface area contributed by atoms with E-state index in [9.17, 15) is 9.59 Å². The SMILES string of the molecule is CCN(C(=O)c1cn[nH]c1C1CCN(C(=O)CC(C)C)CC1)c1ccccc1. The minimum Gasteiger partial charge on any atom is -0.343 e. The predicted octanol–water partition coefficient (Wildman–Crippen LogP) is 3.83. The van der Waals surface area contributed by atoms with Crippen LogP contribution in [0.5, 0.6) is 0 Å². The lowest BCUT2D eigenvalue weighted by atomic mass is 9.90. The highest BCUT2D eigenvalue weighted by molar-refractivity contribution is 6.06. The quantitative estimate of drug-likeness (QED) is 0.825. The first kappa shape index (κ1) is 20.1. The Balaban J connectivity index is 1.70. The molecule has 0 unspecified atom stereocenters. The number of hydrogen-bond donors (Lipinski definition) is 1. The van der Waals surface area contributed by atoms with Gasteiger partial charge in [-0.25, -0.2) is 0 Å². The summed E-state index contributed by atoms with van der Waals surface area (Å²) in [4.78, 5) is 29.2. The molecule has 1 saturated heterocycles. The van der Waals surface area contributed by atoms with E-state index in [4.69, 9.17) is 0 Å². The molecule has 0 saturated carbocycles. The molecule has 150 valence electrons. The molecule has 2 heterocycles. The third-order valence-corrected chi connectivity index (χ3v) is 5.37. The van der Waals surface area contributed by atoms with E-state index in [2.05, 4.69) is 24.0 Å². The zero-order valence-corrected chi connectivity index (χ0v) is 17.0. The summed E-state index contributed by atoms with van der Waals surface area (Å²) in [7, 11) is 0. The van der Waals surface area contributed by atoms with Gasteiger partial charge >= 0.3 is 0 Å². The van der Waals surface area contributed by atoms with Crippen molar-refractivity contribution in [2.24, 2.45) is 5.92 Å². The number of nitrogens with zero attached hydrogens (tertiary/aromatic N) is 3.